The number of anilines is 1. The van der Waals surface area contributed by atoms with Gasteiger partial charge < -0.3 is 10.6 Å². The fourth-order valence-corrected chi connectivity index (χ4v) is 2.88. The number of carbonyl (C=O) groups is 2. The molecule has 0 heterocycles. The summed E-state index contributed by atoms with van der Waals surface area (Å²) in [7, 11) is 0. The summed E-state index contributed by atoms with van der Waals surface area (Å²) in [5, 5.41) is 5.82. The summed E-state index contributed by atoms with van der Waals surface area (Å²) in [5.74, 6) is -0.296. The molecule has 2 N–H and O–H groups in total. The molecule has 2 amide bonds. The van der Waals surface area contributed by atoms with Gasteiger partial charge in [0, 0.05) is 22.9 Å². The lowest BCUT2D eigenvalue weighted by atomic mass is 10.0. The van der Waals surface area contributed by atoms with Gasteiger partial charge in [-0.3, -0.25) is 9.59 Å². The smallest absolute Gasteiger partial charge is 0.255 e. The Morgan fingerprint density at radius 2 is 1.41 bits per heavy atom. The van der Waals surface area contributed by atoms with E-state index in [-0.39, 0.29) is 11.8 Å². The van der Waals surface area contributed by atoms with Crippen LogP contribution in [0.25, 0.3) is 11.1 Å². The van der Waals surface area contributed by atoms with Crippen molar-refractivity contribution in [3.05, 3.63) is 90.0 Å². The molecule has 1 aliphatic carbocycles. The highest BCUT2D eigenvalue weighted by Crippen LogP contribution is 2.21. The van der Waals surface area contributed by atoms with E-state index >= 15 is 0 Å². The molecule has 3 aromatic carbocycles. The van der Waals surface area contributed by atoms with Crippen molar-refractivity contribution in [3.63, 3.8) is 0 Å². The molecule has 0 bridgehead atoms. The van der Waals surface area contributed by atoms with Gasteiger partial charge in [-0.15, -0.1) is 0 Å². The molecule has 1 aliphatic rings. The largest absolute Gasteiger partial charge is 0.349 e. The standard InChI is InChI=1S/C23H20N2O2/c26-22(18-11-9-17(10-12-18)16-5-2-1-3-6-16)25-21-8-4-7-19(15-21)23(27)24-20-13-14-20/h1-12,15,20H,13-14H2,(H,24,27)(H,25,26). The van der Waals surface area contributed by atoms with E-state index in [0.29, 0.717) is 22.9 Å². The average molecular weight is 356 g/mol. The minimum Gasteiger partial charge on any atom is -0.349 e. The maximum Gasteiger partial charge on any atom is 0.255 e. The van der Waals surface area contributed by atoms with Crippen LogP contribution in [0.1, 0.15) is 33.6 Å². The molecule has 0 unspecified atom stereocenters. The van der Waals surface area contributed by atoms with Crippen molar-refractivity contribution in [2.24, 2.45) is 0 Å². The number of carbonyl (C=O) groups excluding carboxylic acids is 2. The first-order chi connectivity index (χ1) is 13.2. The van der Waals surface area contributed by atoms with Crippen LogP contribution in [0.4, 0.5) is 5.69 Å². The molecular formula is C23H20N2O2. The highest BCUT2D eigenvalue weighted by molar-refractivity contribution is 6.05. The van der Waals surface area contributed by atoms with Gasteiger partial charge in [-0.2, -0.15) is 0 Å². The minimum atomic E-state index is -0.200. The highest BCUT2D eigenvalue weighted by Gasteiger charge is 2.23. The Kier molecular flexibility index (Phi) is 4.71. The van der Waals surface area contributed by atoms with Crippen LogP contribution < -0.4 is 10.6 Å². The maximum atomic E-state index is 12.5. The third-order valence-corrected chi connectivity index (χ3v) is 4.55. The fraction of sp³-hybridized carbons (Fsp3) is 0.130. The monoisotopic (exact) mass is 356 g/mol. The summed E-state index contributed by atoms with van der Waals surface area (Å²) in [6, 6.07) is 24.8. The van der Waals surface area contributed by atoms with Gasteiger partial charge in [0.2, 0.25) is 0 Å². The Bertz CT molecular complexity index is 961. The zero-order valence-electron chi connectivity index (χ0n) is 14.8. The van der Waals surface area contributed by atoms with Crippen molar-refractivity contribution in [2.45, 2.75) is 18.9 Å². The predicted molar refractivity (Wildman–Crippen MR) is 107 cm³/mol. The second-order valence-corrected chi connectivity index (χ2v) is 6.73. The van der Waals surface area contributed by atoms with Crippen molar-refractivity contribution in [1.29, 1.82) is 0 Å². The summed E-state index contributed by atoms with van der Waals surface area (Å²) in [4.78, 5) is 24.7. The van der Waals surface area contributed by atoms with E-state index in [0.717, 1.165) is 24.0 Å². The van der Waals surface area contributed by atoms with Crippen LogP contribution in [-0.4, -0.2) is 17.9 Å². The van der Waals surface area contributed by atoms with E-state index in [9.17, 15) is 9.59 Å². The summed E-state index contributed by atoms with van der Waals surface area (Å²) < 4.78 is 0. The van der Waals surface area contributed by atoms with Gasteiger partial charge in [0.15, 0.2) is 0 Å². The minimum absolute atomic E-state index is 0.0965. The van der Waals surface area contributed by atoms with E-state index in [1.54, 1.807) is 36.4 Å². The van der Waals surface area contributed by atoms with Gasteiger partial charge in [0.25, 0.3) is 11.8 Å². The molecule has 27 heavy (non-hydrogen) atoms. The Morgan fingerprint density at radius 3 is 2.11 bits per heavy atom. The number of hydrogen-bond acceptors (Lipinski definition) is 2. The summed E-state index contributed by atoms with van der Waals surface area (Å²) in [5.41, 5.74) is 3.90. The van der Waals surface area contributed by atoms with E-state index in [4.69, 9.17) is 0 Å². The normalized spacial score (nSPS) is 13.0. The third-order valence-electron chi connectivity index (χ3n) is 4.55. The molecule has 134 valence electrons. The average Bonchev–Trinajstić information content (AvgIpc) is 3.53. The molecule has 4 nitrogen and oxygen atoms in total. The molecule has 0 aromatic heterocycles. The maximum absolute atomic E-state index is 12.5. The van der Waals surface area contributed by atoms with Crippen LogP contribution in [0, 0.1) is 0 Å². The Hall–Kier alpha value is -3.40. The van der Waals surface area contributed by atoms with Gasteiger partial charge in [-0.25, -0.2) is 0 Å². The molecule has 0 saturated heterocycles. The molecule has 1 saturated carbocycles. The molecule has 0 aliphatic heterocycles. The number of nitrogens with one attached hydrogen (secondary N) is 2. The second-order valence-electron chi connectivity index (χ2n) is 6.73. The molecule has 0 radical (unpaired) electrons. The first-order valence-electron chi connectivity index (χ1n) is 9.07. The number of benzene rings is 3. The molecule has 0 atom stereocenters. The fourth-order valence-electron chi connectivity index (χ4n) is 2.88. The van der Waals surface area contributed by atoms with Gasteiger partial charge in [0.1, 0.15) is 0 Å². The summed E-state index contributed by atoms with van der Waals surface area (Å²) in [6.45, 7) is 0. The zero-order chi connectivity index (χ0) is 18.6. The van der Waals surface area contributed by atoms with Crippen LogP contribution in [0.3, 0.4) is 0 Å². The lowest BCUT2D eigenvalue weighted by molar-refractivity contribution is 0.0949. The first kappa shape index (κ1) is 17.0. The molecule has 0 spiro atoms. The van der Waals surface area contributed by atoms with Crippen LogP contribution in [0.5, 0.6) is 0 Å². The molecule has 3 aromatic rings. The number of rotatable bonds is 5. The summed E-state index contributed by atoms with van der Waals surface area (Å²) in [6.07, 6.45) is 2.09. The molecular weight excluding hydrogens is 336 g/mol. The van der Waals surface area contributed by atoms with E-state index < -0.39 is 0 Å². The lowest BCUT2D eigenvalue weighted by Gasteiger charge is -2.09. The van der Waals surface area contributed by atoms with Gasteiger partial charge in [-0.05, 0) is 54.3 Å². The molecule has 4 rings (SSSR count). The quantitative estimate of drug-likeness (QED) is 0.707. The Labute approximate surface area is 158 Å². The van der Waals surface area contributed by atoms with E-state index in [1.807, 2.05) is 42.5 Å². The van der Waals surface area contributed by atoms with E-state index in [1.165, 1.54) is 0 Å². The Balaban J connectivity index is 1.45. The van der Waals surface area contributed by atoms with Crippen molar-refractivity contribution >= 4 is 17.5 Å². The van der Waals surface area contributed by atoms with Crippen LogP contribution >= 0.6 is 0 Å². The lowest BCUT2D eigenvalue weighted by Crippen LogP contribution is -2.25. The zero-order valence-corrected chi connectivity index (χ0v) is 14.8. The van der Waals surface area contributed by atoms with E-state index in [2.05, 4.69) is 10.6 Å². The number of amides is 2. The summed E-state index contributed by atoms with van der Waals surface area (Å²) >= 11 is 0. The van der Waals surface area contributed by atoms with Gasteiger partial charge in [0.05, 0.1) is 0 Å². The molecule has 1 fully saturated rings. The van der Waals surface area contributed by atoms with Crippen molar-refractivity contribution in [2.75, 3.05) is 5.32 Å². The highest BCUT2D eigenvalue weighted by atomic mass is 16.2. The van der Waals surface area contributed by atoms with Crippen LogP contribution in [-0.2, 0) is 0 Å². The van der Waals surface area contributed by atoms with Crippen molar-refractivity contribution < 1.29 is 9.59 Å². The predicted octanol–water partition coefficient (Wildman–Crippen LogP) is 4.50. The molecule has 4 heteroatoms. The van der Waals surface area contributed by atoms with Crippen LogP contribution in [0.2, 0.25) is 0 Å². The van der Waals surface area contributed by atoms with Gasteiger partial charge >= 0.3 is 0 Å². The van der Waals surface area contributed by atoms with Crippen LogP contribution in [0.15, 0.2) is 78.9 Å². The van der Waals surface area contributed by atoms with Gasteiger partial charge in [-0.1, -0.05) is 48.5 Å². The van der Waals surface area contributed by atoms with Crippen molar-refractivity contribution in [1.82, 2.24) is 5.32 Å². The first-order valence-corrected chi connectivity index (χ1v) is 9.07. The third kappa shape index (κ3) is 4.23. The second kappa shape index (κ2) is 7.46. The van der Waals surface area contributed by atoms with Crippen molar-refractivity contribution in [3.8, 4) is 11.1 Å². The topological polar surface area (TPSA) is 58.2 Å². The SMILES string of the molecule is O=C(Nc1cccc(C(=O)NC2CC2)c1)c1ccc(-c2ccccc2)cc1. The number of hydrogen-bond donors (Lipinski definition) is 2. The Morgan fingerprint density at radius 1 is 0.704 bits per heavy atom.